The van der Waals surface area contributed by atoms with Gasteiger partial charge in [-0.2, -0.15) is 0 Å². The normalized spacial score (nSPS) is 15.1. The minimum absolute atomic E-state index is 0. The van der Waals surface area contributed by atoms with Crippen molar-refractivity contribution in [3.8, 4) is 0 Å². The Morgan fingerprint density at radius 2 is 1.77 bits per heavy atom. The van der Waals surface area contributed by atoms with Crippen LogP contribution in [0.4, 0.5) is 10.5 Å². The van der Waals surface area contributed by atoms with E-state index in [1.165, 1.54) is 0 Å². The molecule has 7 heteroatoms. The Kier molecular flexibility index (Phi) is 8.88. The average Bonchev–Trinajstić information content (AvgIpc) is 2.60. The molecule has 3 N–H and O–H groups in total. The first-order valence-electron chi connectivity index (χ1n) is 9.00. The fourth-order valence-corrected chi connectivity index (χ4v) is 3.19. The van der Waals surface area contributed by atoms with Crippen LogP contribution in [0.5, 0.6) is 0 Å². The number of nitrogens with zero attached hydrogens (tertiary/aromatic N) is 1. The Hall–Kier alpha value is -1.79. The SMILES string of the molecule is CNCCC1CCN(C(=O)C(C)(C)NC(=O)Nc2ccccc2)CC1.Cl. The molecule has 1 aromatic rings. The molecule has 1 aliphatic heterocycles. The molecule has 6 nitrogen and oxygen atoms in total. The fourth-order valence-electron chi connectivity index (χ4n) is 3.19. The lowest BCUT2D eigenvalue weighted by molar-refractivity contribution is -0.138. The van der Waals surface area contributed by atoms with Crippen molar-refractivity contribution in [3.63, 3.8) is 0 Å². The molecule has 0 spiro atoms. The second-order valence-electron chi connectivity index (χ2n) is 7.20. The van der Waals surface area contributed by atoms with Gasteiger partial charge in [0.1, 0.15) is 5.54 Å². The summed E-state index contributed by atoms with van der Waals surface area (Å²) in [6, 6.07) is 8.84. The highest BCUT2D eigenvalue weighted by atomic mass is 35.5. The highest BCUT2D eigenvalue weighted by molar-refractivity contribution is 5.95. The van der Waals surface area contributed by atoms with Crippen molar-refractivity contribution in [1.29, 1.82) is 0 Å². The number of amides is 3. The van der Waals surface area contributed by atoms with Crippen molar-refractivity contribution in [3.05, 3.63) is 30.3 Å². The molecular weight excluding hydrogens is 352 g/mol. The summed E-state index contributed by atoms with van der Waals surface area (Å²) in [4.78, 5) is 26.9. The number of urea groups is 1. The van der Waals surface area contributed by atoms with Gasteiger partial charge in [-0.25, -0.2) is 4.79 Å². The van der Waals surface area contributed by atoms with Gasteiger partial charge in [-0.1, -0.05) is 18.2 Å². The topological polar surface area (TPSA) is 73.5 Å². The number of benzene rings is 1. The molecule has 3 amide bonds. The number of halogens is 1. The molecular formula is C19H31ClN4O2. The summed E-state index contributed by atoms with van der Waals surface area (Å²) >= 11 is 0. The molecule has 2 rings (SSSR count). The fraction of sp³-hybridized carbons (Fsp3) is 0.579. The summed E-state index contributed by atoms with van der Waals surface area (Å²) in [5.74, 6) is 0.650. The van der Waals surface area contributed by atoms with Gasteiger partial charge < -0.3 is 20.9 Å². The molecule has 1 heterocycles. The highest BCUT2D eigenvalue weighted by Crippen LogP contribution is 2.22. The molecule has 0 radical (unpaired) electrons. The summed E-state index contributed by atoms with van der Waals surface area (Å²) in [7, 11) is 1.97. The van der Waals surface area contributed by atoms with Crippen LogP contribution in [0.3, 0.4) is 0 Å². The maximum atomic E-state index is 12.8. The molecule has 0 bridgehead atoms. The van der Waals surface area contributed by atoms with Crippen LogP contribution in [0.15, 0.2) is 30.3 Å². The van der Waals surface area contributed by atoms with Crippen LogP contribution < -0.4 is 16.0 Å². The molecule has 1 aliphatic rings. The maximum absolute atomic E-state index is 12.8. The van der Waals surface area contributed by atoms with Crippen molar-refractivity contribution < 1.29 is 9.59 Å². The van der Waals surface area contributed by atoms with Gasteiger partial charge in [0, 0.05) is 18.8 Å². The summed E-state index contributed by atoms with van der Waals surface area (Å²) < 4.78 is 0. The molecule has 26 heavy (non-hydrogen) atoms. The molecule has 0 saturated carbocycles. The second-order valence-corrected chi connectivity index (χ2v) is 7.20. The van der Waals surface area contributed by atoms with E-state index in [2.05, 4.69) is 16.0 Å². The third-order valence-corrected chi connectivity index (χ3v) is 4.70. The van der Waals surface area contributed by atoms with Gasteiger partial charge in [-0.3, -0.25) is 4.79 Å². The number of piperidine rings is 1. The summed E-state index contributed by atoms with van der Waals surface area (Å²) in [5, 5.41) is 8.73. The quantitative estimate of drug-likeness (QED) is 0.708. The van der Waals surface area contributed by atoms with E-state index >= 15 is 0 Å². The van der Waals surface area contributed by atoms with Gasteiger partial charge in [0.05, 0.1) is 0 Å². The minimum atomic E-state index is -0.934. The van der Waals surface area contributed by atoms with Crippen LogP contribution in [0.1, 0.15) is 33.1 Å². The third kappa shape index (κ3) is 6.50. The standard InChI is InChI=1S/C19H30N4O2.ClH/c1-19(2,22-18(25)21-16-7-5-4-6-8-16)17(24)23-13-10-15(11-14-23)9-12-20-3;/h4-8,15,20H,9-14H2,1-3H3,(H2,21,22,25);1H. The minimum Gasteiger partial charge on any atom is -0.341 e. The number of rotatable bonds is 6. The van der Waals surface area contributed by atoms with Gasteiger partial charge in [0.15, 0.2) is 0 Å². The molecule has 1 saturated heterocycles. The molecule has 0 atom stereocenters. The first-order chi connectivity index (χ1) is 11.9. The summed E-state index contributed by atoms with van der Waals surface area (Å²) in [5.41, 5.74) is -0.231. The van der Waals surface area contributed by atoms with Crippen LogP contribution in [-0.4, -0.2) is 49.1 Å². The van der Waals surface area contributed by atoms with E-state index in [0.29, 0.717) is 11.6 Å². The number of carbonyl (C=O) groups is 2. The van der Waals surface area contributed by atoms with Crippen molar-refractivity contribution >= 4 is 30.0 Å². The van der Waals surface area contributed by atoms with Crippen molar-refractivity contribution in [2.45, 2.75) is 38.6 Å². The predicted molar refractivity (Wildman–Crippen MR) is 108 cm³/mol. The molecule has 0 aliphatic carbocycles. The van der Waals surface area contributed by atoms with Crippen LogP contribution in [-0.2, 0) is 4.79 Å². The van der Waals surface area contributed by atoms with Gasteiger partial charge in [-0.15, -0.1) is 12.4 Å². The number of likely N-dealkylation sites (tertiary alicyclic amines) is 1. The summed E-state index contributed by atoms with van der Waals surface area (Å²) in [6.45, 7) is 6.06. The first kappa shape index (κ1) is 22.3. The summed E-state index contributed by atoms with van der Waals surface area (Å²) in [6.07, 6.45) is 3.21. The zero-order valence-corrected chi connectivity index (χ0v) is 16.7. The zero-order chi connectivity index (χ0) is 18.3. The van der Waals surface area contributed by atoms with E-state index in [9.17, 15) is 9.59 Å². The highest BCUT2D eigenvalue weighted by Gasteiger charge is 2.35. The van der Waals surface area contributed by atoms with E-state index in [1.807, 2.05) is 42.3 Å². The second kappa shape index (κ2) is 10.4. The monoisotopic (exact) mass is 382 g/mol. The smallest absolute Gasteiger partial charge is 0.320 e. The van der Waals surface area contributed by atoms with Gasteiger partial charge >= 0.3 is 6.03 Å². The van der Waals surface area contributed by atoms with Gasteiger partial charge in [0.2, 0.25) is 5.91 Å². The Morgan fingerprint density at radius 3 is 2.35 bits per heavy atom. The molecule has 1 fully saturated rings. The van der Waals surface area contributed by atoms with E-state index in [1.54, 1.807) is 13.8 Å². The Balaban J connectivity index is 0.00000338. The van der Waals surface area contributed by atoms with E-state index in [4.69, 9.17) is 0 Å². The number of hydrogen-bond acceptors (Lipinski definition) is 3. The van der Waals surface area contributed by atoms with Gasteiger partial charge in [0.25, 0.3) is 0 Å². The van der Waals surface area contributed by atoms with Crippen LogP contribution in [0.25, 0.3) is 0 Å². The average molecular weight is 383 g/mol. The van der Waals surface area contributed by atoms with Crippen LogP contribution in [0, 0.1) is 5.92 Å². The Bertz CT molecular complexity index is 572. The lowest BCUT2D eigenvalue weighted by Gasteiger charge is -2.37. The molecule has 1 aromatic carbocycles. The first-order valence-corrected chi connectivity index (χ1v) is 9.00. The lowest BCUT2D eigenvalue weighted by atomic mass is 9.92. The van der Waals surface area contributed by atoms with Crippen molar-refractivity contribution in [2.75, 3.05) is 32.0 Å². The zero-order valence-electron chi connectivity index (χ0n) is 15.9. The van der Waals surface area contributed by atoms with E-state index < -0.39 is 5.54 Å². The van der Waals surface area contributed by atoms with Crippen LogP contribution >= 0.6 is 12.4 Å². The van der Waals surface area contributed by atoms with E-state index in [-0.39, 0.29) is 24.3 Å². The van der Waals surface area contributed by atoms with Crippen molar-refractivity contribution in [2.24, 2.45) is 5.92 Å². The third-order valence-electron chi connectivity index (χ3n) is 4.70. The number of hydrogen-bond donors (Lipinski definition) is 3. The van der Waals surface area contributed by atoms with Crippen LogP contribution in [0.2, 0.25) is 0 Å². The molecule has 146 valence electrons. The Morgan fingerprint density at radius 1 is 1.15 bits per heavy atom. The largest absolute Gasteiger partial charge is 0.341 e. The number of nitrogens with one attached hydrogen (secondary N) is 3. The number of carbonyl (C=O) groups excluding carboxylic acids is 2. The number of anilines is 1. The Labute approximate surface area is 162 Å². The maximum Gasteiger partial charge on any atom is 0.320 e. The molecule has 0 unspecified atom stereocenters. The predicted octanol–water partition coefficient (Wildman–Crippen LogP) is 2.86. The number of para-hydroxylation sites is 1. The van der Waals surface area contributed by atoms with Crippen molar-refractivity contribution in [1.82, 2.24) is 15.5 Å². The van der Waals surface area contributed by atoms with E-state index in [0.717, 1.165) is 38.9 Å². The van der Waals surface area contributed by atoms with Gasteiger partial charge in [-0.05, 0) is 64.8 Å². The lowest BCUT2D eigenvalue weighted by Crippen LogP contribution is -2.58. The molecule has 0 aromatic heterocycles.